The number of benzene rings is 1. The molecular weight excluding hydrogens is 326 g/mol. The van der Waals surface area contributed by atoms with Gasteiger partial charge in [-0.15, -0.1) is 0 Å². The molecule has 2 N–H and O–H groups in total. The van der Waals surface area contributed by atoms with Crippen LogP contribution in [0.3, 0.4) is 0 Å². The largest absolute Gasteiger partial charge is 0.354 e. The molecule has 0 aliphatic heterocycles. The number of hydrogen-bond acceptors (Lipinski definition) is 2. The molecule has 0 atom stereocenters. The lowest BCUT2D eigenvalue weighted by molar-refractivity contribution is -0.122. The maximum Gasteiger partial charge on any atom is 0.232 e. The highest BCUT2D eigenvalue weighted by molar-refractivity contribution is 6.30. The minimum absolute atomic E-state index is 0.136. The van der Waals surface area contributed by atoms with Crippen LogP contribution in [0.1, 0.15) is 25.8 Å². The Morgan fingerprint density at radius 1 is 1.33 bits per heavy atom. The summed E-state index contributed by atoms with van der Waals surface area (Å²) in [4.78, 5) is 23.6. The Hall–Kier alpha value is -2.21. The predicted molar refractivity (Wildman–Crippen MR) is 101 cm³/mol. The Labute approximate surface area is 148 Å². The number of nitrogens with zero attached hydrogens (tertiary/aromatic N) is 3. The fourth-order valence-electron chi connectivity index (χ4n) is 1.81. The summed E-state index contributed by atoms with van der Waals surface area (Å²) in [7, 11) is 1.62. The molecule has 1 aromatic rings. The molecule has 0 fully saturated rings. The molecule has 0 unspecified atom stereocenters. The number of carbonyl (C=O) groups is 1. The third kappa shape index (κ3) is 7.37. The van der Waals surface area contributed by atoms with Gasteiger partial charge in [-0.1, -0.05) is 37.6 Å². The Morgan fingerprint density at radius 2 is 2.08 bits per heavy atom. The second-order valence-electron chi connectivity index (χ2n) is 5.44. The van der Waals surface area contributed by atoms with E-state index in [0.717, 1.165) is 17.9 Å². The highest BCUT2D eigenvalue weighted by atomic mass is 35.5. The van der Waals surface area contributed by atoms with Gasteiger partial charge in [0.15, 0.2) is 0 Å². The molecule has 0 radical (unpaired) electrons. The fraction of sp³-hybridized carbons (Fsp3) is 0.412. The number of carbonyl (C=O) groups excluding carboxylic acids is 1. The molecular formula is C17H24ClN5O. The first-order chi connectivity index (χ1) is 11.5. The summed E-state index contributed by atoms with van der Waals surface area (Å²) in [6, 6.07) is 7.79. The van der Waals surface area contributed by atoms with Gasteiger partial charge < -0.3 is 5.32 Å². The van der Waals surface area contributed by atoms with Crippen molar-refractivity contribution in [2.75, 3.05) is 13.6 Å². The Morgan fingerprint density at radius 3 is 2.67 bits per heavy atom. The first-order valence-corrected chi connectivity index (χ1v) is 8.15. The van der Waals surface area contributed by atoms with Crippen molar-refractivity contribution in [2.24, 2.45) is 20.9 Å². The number of amides is 1. The summed E-state index contributed by atoms with van der Waals surface area (Å²) in [6.45, 7) is 7.68. The van der Waals surface area contributed by atoms with Crippen molar-refractivity contribution in [3.63, 3.8) is 0 Å². The number of aryl methyl sites for hydroxylation is 1. The van der Waals surface area contributed by atoms with Crippen molar-refractivity contribution < 1.29 is 4.79 Å². The van der Waals surface area contributed by atoms with E-state index in [-0.39, 0.29) is 17.8 Å². The van der Waals surface area contributed by atoms with Gasteiger partial charge in [-0.3, -0.25) is 15.1 Å². The van der Waals surface area contributed by atoms with Crippen molar-refractivity contribution in [3.05, 3.63) is 34.9 Å². The summed E-state index contributed by atoms with van der Waals surface area (Å²) in [6.07, 6.45) is 1.79. The minimum Gasteiger partial charge on any atom is -0.354 e. The van der Waals surface area contributed by atoms with Crippen LogP contribution in [0, 0.1) is 5.92 Å². The number of halogens is 1. The third-order valence-corrected chi connectivity index (χ3v) is 3.38. The van der Waals surface area contributed by atoms with Gasteiger partial charge in [-0.05, 0) is 37.3 Å². The molecule has 7 heteroatoms. The monoisotopic (exact) mass is 349 g/mol. The van der Waals surface area contributed by atoms with E-state index in [0.29, 0.717) is 12.5 Å². The first kappa shape index (κ1) is 19.8. The molecule has 130 valence electrons. The van der Waals surface area contributed by atoms with Gasteiger partial charge >= 0.3 is 0 Å². The zero-order valence-corrected chi connectivity index (χ0v) is 15.1. The number of aliphatic imine (C=N–C) groups is 3. The van der Waals surface area contributed by atoms with Gasteiger partial charge in [0, 0.05) is 24.5 Å². The van der Waals surface area contributed by atoms with Crippen LogP contribution in [0.5, 0.6) is 0 Å². The summed E-state index contributed by atoms with van der Waals surface area (Å²) in [5, 5.41) is 6.45. The van der Waals surface area contributed by atoms with Gasteiger partial charge in [-0.2, -0.15) is 4.99 Å². The molecule has 0 bridgehead atoms. The van der Waals surface area contributed by atoms with Gasteiger partial charge in [0.1, 0.15) is 0 Å². The summed E-state index contributed by atoms with van der Waals surface area (Å²) in [5.41, 5.74) is 1.18. The topological polar surface area (TPSA) is 78.2 Å². The molecule has 0 heterocycles. The number of hydrogen-bond donors (Lipinski definition) is 2. The van der Waals surface area contributed by atoms with E-state index in [1.807, 2.05) is 24.3 Å². The molecule has 1 rings (SSSR count). The third-order valence-electron chi connectivity index (χ3n) is 3.15. The number of nitrogens with one attached hydrogen (secondary N) is 2. The smallest absolute Gasteiger partial charge is 0.232 e. The molecule has 1 aromatic carbocycles. The van der Waals surface area contributed by atoms with Crippen LogP contribution < -0.4 is 10.6 Å². The lowest BCUT2D eigenvalue weighted by Crippen LogP contribution is -2.34. The van der Waals surface area contributed by atoms with E-state index in [4.69, 9.17) is 11.6 Å². The zero-order valence-electron chi connectivity index (χ0n) is 14.3. The second kappa shape index (κ2) is 10.5. The lowest BCUT2D eigenvalue weighted by atomic mass is 10.1. The van der Waals surface area contributed by atoms with E-state index in [9.17, 15) is 4.79 Å². The average Bonchev–Trinajstić information content (AvgIpc) is 2.56. The average molecular weight is 350 g/mol. The Bertz CT molecular complexity index is 625. The van der Waals surface area contributed by atoms with Crippen molar-refractivity contribution in [3.8, 4) is 0 Å². The quantitative estimate of drug-likeness (QED) is 0.487. The van der Waals surface area contributed by atoms with Gasteiger partial charge in [-0.25, -0.2) is 4.99 Å². The molecule has 0 aliphatic rings. The number of rotatable bonds is 5. The van der Waals surface area contributed by atoms with E-state index in [1.54, 1.807) is 20.9 Å². The standard InChI is InChI=1S/C17H24ClN5O/c1-12(2)15(24)22-17(20-4)23-16(19-3)21-10-6-8-13-7-5-9-14(18)11-13/h5,7,9,11-12H,4,6,8,10H2,1-3H3,(H2,19,21,22,23,24). The van der Waals surface area contributed by atoms with Gasteiger partial charge in [0.2, 0.25) is 17.8 Å². The van der Waals surface area contributed by atoms with Crippen molar-refractivity contribution in [2.45, 2.75) is 26.7 Å². The fourth-order valence-corrected chi connectivity index (χ4v) is 2.02. The van der Waals surface area contributed by atoms with E-state index in [2.05, 4.69) is 32.3 Å². The number of guanidine groups is 2. The van der Waals surface area contributed by atoms with Crippen molar-refractivity contribution in [1.29, 1.82) is 0 Å². The molecule has 24 heavy (non-hydrogen) atoms. The normalized spacial score (nSPS) is 12.2. The SMILES string of the molecule is C=N/C(=N\C(=NC)NCCCc1cccc(Cl)c1)NC(=O)C(C)C. The van der Waals surface area contributed by atoms with Crippen LogP contribution >= 0.6 is 11.6 Å². The van der Waals surface area contributed by atoms with Gasteiger partial charge in [0.25, 0.3) is 0 Å². The zero-order chi connectivity index (χ0) is 17.9. The highest BCUT2D eigenvalue weighted by Gasteiger charge is 2.09. The molecule has 0 saturated heterocycles. The summed E-state index contributed by atoms with van der Waals surface area (Å²) < 4.78 is 0. The first-order valence-electron chi connectivity index (χ1n) is 7.77. The van der Waals surface area contributed by atoms with Crippen LogP contribution in [0.15, 0.2) is 39.2 Å². The van der Waals surface area contributed by atoms with Crippen molar-refractivity contribution in [1.82, 2.24) is 10.6 Å². The van der Waals surface area contributed by atoms with E-state index < -0.39 is 0 Å². The predicted octanol–water partition coefficient (Wildman–Crippen LogP) is 2.68. The van der Waals surface area contributed by atoms with Crippen LogP contribution in [0.2, 0.25) is 5.02 Å². The van der Waals surface area contributed by atoms with E-state index in [1.165, 1.54) is 5.56 Å². The van der Waals surface area contributed by atoms with Crippen LogP contribution in [0.4, 0.5) is 0 Å². The van der Waals surface area contributed by atoms with Crippen LogP contribution in [0.25, 0.3) is 0 Å². The molecule has 1 amide bonds. The van der Waals surface area contributed by atoms with E-state index >= 15 is 0 Å². The molecule has 6 nitrogen and oxygen atoms in total. The second-order valence-corrected chi connectivity index (χ2v) is 5.88. The van der Waals surface area contributed by atoms with Crippen LogP contribution in [-0.4, -0.2) is 38.1 Å². The van der Waals surface area contributed by atoms with Gasteiger partial charge in [0.05, 0.1) is 0 Å². The molecule has 0 aromatic heterocycles. The minimum atomic E-state index is -0.169. The Balaban J connectivity index is 2.50. The highest BCUT2D eigenvalue weighted by Crippen LogP contribution is 2.11. The lowest BCUT2D eigenvalue weighted by Gasteiger charge is -2.09. The van der Waals surface area contributed by atoms with Crippen molar-refractivity contribution >= 4 is 36.1 Å². The molecule has 0 spiro atoms. The molecule has 0 saturated carbocycles. The summed E-state index contributed by atoms with van der Waals surface area (Å²) in [5.74, 6) is 0.200. The Kier molecular flexibility index (Phi) is 8.71. The molecule has 0 aliphatic carbocycles. The van der Waals surface area contributed by atoms with Crippen LogP contribution in [-0.2, 0) is 11.2 Å². The summed E-state index contributed by atoms with van der Waals surface area (Å²) >= 11 is 5.96. The maximum absolute atomic E-state index is 11.7. The maximum atomic E-state index is 11.7.